The van der Waals surface area contributed by atoms with Crippen LogP contribution in [0.15, 0.2) is 4.99 Å². The number of aliphatic hydroxyl groups is 6. The van der Waals surface area contributed by atoms with Gasteiger partial charge in [-0.15, -0.1) is 0 Å². The predicted octanol–water partition coefficient (Wildman–Crippen LogP) is -3.93. The van der Waals surface area contributed by atoms with E-state index < -0.39 is 74.6 Å². The maximum Gasteiger partial charge on any atom is 0.227 e. The van der Waals surface area contributed by atoms with Crippen molar-refractivity contribution >= 4 is 5.90 Å². The molecule has 3 aliphatic heterocycles. The molecule has 0 bridgehead atoms. The normalized spacial score (nSPS) is 50.1. The van der Waals surface area contributed by atoms with Gasteiger partial charge in [-0.1, -0.05) is 0 Å². The van der Waals surface area contributed by atoms with E-state index in [2.05, 4.69) is 4.99 Å². The Balaban J connectivity index is 1.75. The number of aliphatic imine (C=N–C) groups is 1. The molecule has 10 atom stereocenters. The van der Waals surface area contributed by atoms with Crippen molar-refractivity contribution < 1.29 is 49.6 Å². The quantitative estimate of drug-likeness (QED) is 0.289. The molecule has 0 aromatic heterocycles. The lowest BCUT2D eigenvalue weighted by atomic mass is 9.96. The van der Waals surface area contributed by atoms with Crippen molar-refractivity contribution in [1.29, 1.82) is 0 Å². The number of aliphatic hydroxyl groups excluding tert-OH is 6. The number of nitrogens with zero attached hydrogens (tertiary/aromatic N) is 1. The molecule has 3 aliphatic rings. The van der Waals surface area contributed by atoms with Crippen LogP contribution in [0.25, 0.3) is 0 Å². The highest BCUT2D eigenvalue weighted by molar-refractivity contribution is 5.75. The molecule has 3 heterocycles. The molecule has 0 amide bonds. The standard InChI is InChI=1S/C14H23NO10/c1-4-15-7-9(19)12(6(3-17)24-13(7)22-4)25-14-11(21)10(20)8(18)5(2-16)23-14/h5-14,16-21H,2-3H2,1H3/t5-,6-,7-,8+,9-,10+,11-,12-,13+,14+/m1/s1. The molecule has 11 heteroatoms. The second-order valence-electron chi connectivity index (χ2n) is 6.27. The van der Waals surface area contributed by atoms with Gasteiger partial charge in [0, 0.05) is 6.92 Å². The fourth-order valence-electron chi connectivity index (χ4n) is 3.20. The Bertz CT molecular complexity index is 502. The minimum absolute atomic E-state index is 0.319. The zero-order valence-electron chi connectivity index (χ0n) is 13.5. The molecular formula is C14H23NO10. The van der Waals surface area contributed by atoms with Crippen LogP contribution in [0.2, 0.25) is 0 Å². The SMILES string of the molecule is CC1=N[C@H]2[C@@H](O1)O[C@H](CO)[C@@H](O[C@@H]1O[C@H](CO)[C@H](O)[C@H](O)[C@H]1O)[C@@H]2O. The first kappa shape index (κ1) is 18.9. The lowest BCUT2D eigenvalue weighted by molar-refractivity contribution is -0.341. The van der Waals surface area contributed by atoms with Gasteiger partial charge in [-0.2, -0.15) is 0 Å². The van der Waals surface area contributed by atoms with Crippen LogP contribution >= 0.6 is 0 Å². The van der Waals surface area contributed by atoms with E-state index in [1.165, 1.54) is 0 Å². The van der Waals surface area contributed by atoms with E-state index in [1.54, 1.807) is 6.92 Å². The van der Waals surface area contributed by atoms with Gasteiger partial charge in [0.05, 0.1) is 13.2 Å². The molecule has 0 radical (unpaired) electrons. The van der Waals surface area contributed by atoms with Gasteiger partial charge < -0.3 is 49.6 Å². The van der Waals surface area contributed by atoms with E-state index in [-0.39, 0.29) is 0 Å². The second-order valence-corrected chi connectivity index (χ2v) is 6.27. The molecular weight excluding hydrogens is 342 g/mol. The fourth-order valence-corrected chi connectivity index (χ4v) is 3.20. The van der Waals surface area contributed by atoms with Crippen LogP contribution in [-0.2, 0) is 18.9 Å². The topological polar surface area (TPSA) is 171 Å². The summed E-state index contributed by atoms with van der Waals surface area (Å²) in [6.45, 7) is 0.473. The third kappa shape index (κ3) is 3.39. The van der Waals surface area contributed by atoms with Crippen molar-refractivity contribution in [3.63, 3.8) is 0 Å². The van der Waals surface area contributed by atoms with Crippen molar-refractivity contribution in [2.75, 3.05) is 13.2 Å². The lowest BCUT2D eigenvalue weighted by Crippen LogP contribution is -2.63. The van der Waals surface area contributed by atoms with Crippen LogP contribution in [0.1, 0.15) is 6.92 Å². The summed E-state index contributed by atoms with van der Waals surface area (Å²) in [6, 6.07) is -0.780. The highest BCUT2D eigenvalue weighted by Gasteiger charge is 2.52. The molecule has 0 aliphatic carbocycles. The molecule has 0 aromatic carbocycles. The van der Waals surface area contributed by atoms with Crippen LogP contribution in [-0.4, -0.2) is 111 Å². The average Bonchev–Trinajstić information content (AvgIpc) is 2.97. The number of rotatable bonds is 4. The first-order valence-electron chi connectivity index (χ1n) is 7.98. The van der Waals surface area contributed by atoms with Crippen LogP contribution < -0.4 is 0 Å². The zero-order valence-corrected chi connectivity index (χ0v) is 13.5. The Kier molecular flexibility index (Phi) is 5.58. The van der Waals surface area contributed by atoms with Crippen molar-refractivity contribution in [2.45, 2.75) is 68.3 Å². The van der Waals surface area contributed by atoms with Gasteiger partial charge >= 0.3 is 0 Å². The van der Waals surface area contributed by atoms with E-state index in [1.807, 2.05) is 0 Å². The summed E-state index contributed by atoms with van der Waals surface area (Å²) in [5.74, 6) is 0.319. The summed E-state index contributed by atoms with van der Waals surface area (Å²) in [5, 5.41) is 58.9. The molecule has 6 N–H and O–H groups in total. The van der Waals surface area contributed by atoms with E-state index in [0.29, 0.717) is 5.90 Å². The van der Waals surface area contributed by atoms with Crippen molar-refractivity contribution in [3.8, 4) is 0 Å². The molecule has 144 valence electrons. The zero-order chi connectivity index (χ0) is 18.3. The summed E-state index contributed by atoms with van der Waals surface area (Å²) in [4.78, 5) is 4.11. The van der Waals surface area contributed by atoms with Gasteiger partial charge in [0.25, 0.3) is 0 Å². The monoisotopic (exact) mass is 365 g/mol. The largest absolute Gasteiger partial charge is 0.450 e. The van der Waals surface area contributed by atoms with Gasteiger partial charge in [-0.05, 0) is 0 Å². The van der Waals surface area contributed by atoms with Crippen LogP contribution in [0.3, 0.4) is 0 Å². The minimum atomic E-state index is -1.63. The van der Waals surface area contributed by atoms with Gasteiger partial charge in [-0.3, -0.25) is 0 Å². The molecule has 2 saturated heterocycles. The first-order chi connectivity index (χ1) is 11.9. The molecule has 11 nitrogen and oxygen atoms in total. The average molecular weight is 365 g/mol. The summed E-state index contributed by atoms with van der Waals surface area (Å²) in [5.41, 5.74) is 0. The first-order valence-corrected chi connectivity index (χ1v) is 7.98. The van der Waals surface area contributed by atoms with Gasteiger partial charge in [-0.25, -0.2) is 4.99 Å². The highest BCUT2D eigenvalue weighted by atomic mass is 16.7. The maximum atomic E-state index is 10.5. The summed E-state index contributed by atoms with van der Waals surface area (Å²) in [6.07, 6.45) is -11.6. The molecule has 2 fully saturated rings. The Hall–Kier alpha value is -0.890. The van der Waals surface area contributed by atoms with Gasteiger partial charge in [0.15, 0.2) is 12.2 Å². The minimum Gasteiger partial charge on any atom is -0.450 e. The third-order valence-electron chi connectivity index (χ3n) is 4.58. The van der Waals surface area contributed by atoms with Crippen LogP contribution in [0.5, 0.6) is 0 Å². The number of hydrogen-bond acceptors (Lipinski definition) is 11. The van der Waals surface area contributed by atoms with Gasteiger partial charge in [0.2, 0.25) is 6.29 Å². The Labute approximate surface area is 143 Å². The van der Waals surface area contributed by atoms with E-state index in [0.717, 1.165) is 0 Å². The summed E-state index contributed by atoms with van der Waals surface area (Å²) < 4.78 is 21.6. The molecule has 0 saturated carbocycles. The Morgan fingerprint density at radius 2 is 1.60 bits per heavy atom. The van der Waals surface area contributed by atoms with Crippen molar-refractivity contribution in [3.05, 3.63) is 0 Å². The third-order valence-corrected chi connectivity index (χ3v) is 4.58. The maximum absolute atomic E-state index is 10.5. The van der Waals surface area contributed by atoms with Crippen molar-refractivity contribution in [2.24, 2.45) is 4.99 Å². The Morgan fingerprint density at radius 3 is 2.24 bits per heavy atom. The predicted molar refractivity (Wildman–Crippen MR) is 78.4 cm³/mol. The van der Waals surface area contributed by atoms with E-state index in [9.17, 15) is 30.6 Å². The molecule has 25 heavy (non-hydrogen) atoms. The van der Waals surface area contributed by atoms with Crippen LogP contribution in [0, 0.1) is 0 Å². The van der Waals surface area contributed by atoms with Gasteiger partial charge in [0.1, 0.15) is 48.8 Å². The Morgan fingerprint density at radius 1 is 0.920 bits per heavy atom. The summed E-state index contributed by atoms with van der Waals surface area (Å²) in [7, 11) is 0. The fraction of sp³-hybridized carbons (Fsp3) is 0.929. The van der Waals surface area contributed by atoms with E-state index >= 15 is 0 Å². The number of hydrogen-bond donors (Lipinski definition) is 6. The van der Waals surface area contributed by atoms with Crippen LogP contribution in [0.4, 0.5) is 0 Å². The summed E-state index contributed by atoms with van der Waals surface area (Å²) >= 11 is 0. The molecule has 0 unspecified atom stereocenters. The molecule has 0 spiro atoms. The molecule has 3 rings (SSSR count). The molecule has 0 aromatic rings. The number of ether oxygens (including phenoxy) is 4. The smallest absolute Gasteiger partial charge is 0.227 e. The van der Waals surface area contributed by atoms with E-state index in [4.69, 9.17) is 18.9 Å². The highest BCUT2D eigenvalue weighted by Crippen LogP contribution is 2.32. The number of fused-ring (bicyclic) bond motifs is 1. The second kappa shape index (κ2) is 7.39. The lowest BCUT2D eigenvalue weighted by Gasteiger charge is -2.44. The van der Waals surface area contributed by atoms with Crippen molar-refractivity contribution in [1.82, 2.24) is 0 Å².